The molecule has 3 aromatic heterocycles. The van der Waals surface area contributed by atoms with Crippen molar-refractivity contribution in [2.75, 3.05) is 10.6 Å². The molecule has 0 radical (unpaired) electrons. The Labute approximate surface area is 342 Å². The molecule has 6 heterocycles. The molecule has 1 aliphatic carbocycles. The fourth-order valence-corrected chi connectivity index (χ4v) is 10.5. The molecular formula is C39H47ClF6N13+. The second kappa shape index (κ2) is 13.8. The van der Waals surface area contributed by atoms with Crippen molar-refractivity contribution in [3.05, 3.63) is 70.0 Å². The zero-order valence-corrected chi connectivity index (χ0v) is 34.7. The number of rotatable bonds is 9. The van der Waals surface area contributed by atoms with Gasteiger partial charge < -0.3 is 16.0 Å². The van der Waals surface area contributed by atoms with Crippen LogP contribution in [0.2, 0.25) is 5.28 Å². The van der Waals surface area contributed by atoms with Crippen LogP contribution < -0.4 is 25.8 Å². The highest BCUT2D eigenvalue weighted by Crippen LogP contribution is 2.60. The van der Waals surface area contributed by atoms with E-state index >= 15 is 13.2 Å². The minimum Gasteiger partial charge on any atom is -0.365 e. The van der Waals surface area contributed by atoms with Crippen molar-refractivity contribution in [1.29, 1.82) is 0 Å². The molecule has 8 rings (SSSR count). The normalized spacial score (nSPS) is 26.5. The highest BCUT2D eigenvalue weighted by Gasteiger charge is 2.71. The maximum atomic E-state index is 16.1. The highest BCUT2D eigenvalue weighted by molar-refractivity contribution is 6.28. The molecule has 59 heavy (non-hydrogen) atoms. The minimum absolute atomic E-state index is 0.0507. The number of aromatic nitrogens is 8. The van der Waals surface area contributed by atoms with Crippen LogP contribution in [0.25, 0.3) is 5.69 Å². The third-order valence-corrected chi connectivity index (χ3v) is 12.1. The molecule has 4 aliphatic rings. The molecule has 316 valence electrons. The molecule has 3 fully saturated rings. The molecule has 0 bridgehead atoms. The molecular weight excluding hydrogens is 800 g/mol. The second-order valence-corrected chi connectivity index (χ2v) is 18.9. The average Bonchev–Trinajstić information content (AvgIpc) is 3.99. The molecule has 4 N–H and O–H groups in total. The SMILES string of the molecule is CC1=C([C@]2(C)CC(Nc3nc(Nc4cc(-n5nnnc5C(F)(F)F)c(C5CC5)cc4F)ncc3F)CC(C)(C)N2)[N+]1(c1nc(Cl)ncc1F)C1CC(C)(C)NC(C)(C)C1. The zero-order chi connectivity index (χ0) is 42.7. The number of anilines is 3. The standard InChI is InChI=1S/C39H47ClF6N13/c1-19-29(59(19,31-26(43)18-47-33(40)52-31)22-15-36(4,5)54-37(6,7)16-22)38(8)14-21(13-35(2,3)55-38)49-30-25(42)17-48-34(51-30)50-27-12-28(23(11-24(27)41)20-9-10-20)58-32(39(44,45)46)53-56-57-58/h11-12,17-18,20-22,54-55H,9-10,13-16H2,1-8H3,(H2,48,49,50,51)/q+1/t21?,38-,59?/m0/s1. The summed E-state index contributed by atoms with van der Waals surface area (Å²) < 4.78 is 89.4. The number of nitrogens with zero attached hydrogens (tertiary/aromatic N) is 9. The van der Waals surface area contributed by atoms with Crippen molar-refractivity contribution in [3.8, 4) is 5.69 Å². The monoisotopic (exact) mass is 846 g/mol. The van der Waals surface area contributed by atoms with Gasteiger partial charge in [0.1, 0.15) is 11.9 Å². The molecule has 3 aliphatic heterocycles. The van der Waals surface area contributed by atoms with E-state index in [0.717, 1.165) is 29.9 Å². The molecule has 1 saturated carbocycles. The van der Waals surface area contributed by atoms with E-state index in [9.17, 15) is 13.2 Å². The fourth-order valence-electron chi connectivity index (χ4n) is 10.4. The molecule has 1 aromatic carbocycles. The molecule has 0 amide bonds. The minimum atomic E-state index is -4.87. The van der Waals surface area contributed by atoms with Gasteiger partial charge in [-0.3, -0.25) is 5.32 Å². The molecule has 20 heteroatoms. The van der Waals surface area contributed by atoms with E-state index in [0.29, 0.717) is 48.8 Å². The number of benzene rings is 1. The largest absolute Gasteiger partial charge is 0.453 e. The van der Waals surface area contributed by atoms with Crippen LogP contribution in [-0.2, 0) is 6.18 Å². The Kier molecular flexibility index (Phi) is 9.65. The zero-order valence-electron chi connectivity index (χ0n) is 34.0. The van der Waals surface area contributed by atoms with Crippen molar-refractivity contribution in [1.82, 2.24) is 55.3 Å². The van der Waals surface area contributed by atoms with Crippen molar-refractivity contribution >= 4 is 34.9 Å². The van der Waals surface area contributed by atoms with Crippen LogP contribution in [0.5, 0.6) is 0 Å². The van der Waals surface area contributed by atoms with Crippen molar-refractivity contribution in [2.45, 2.75) is 140 Å². The van der Waals surface area contributed by atoms with Crippen molar-refractivity contribution in [3.63, 3.8) is 0 Å². The van der Waals surface area contributed by atoms with Crippen LogP contribution in [0.4, 0.5) is 49.6 Å². The number of nitrogens with one attached hydrogen (secondary N) is 4. The summed E-state index contributed by atoms with van der Waals surface area (Å²) in [4.78, 5) is 16.8. The van der Waals surface area contributed by atoms with E-state index < -0.39 is 46.6 Å². The van der Waals surface area contributed by atoms with Crippen LogP contribution in [0, 0.1) is 17.5 Å². The van der Waals surface area contributed by atoms with Gasteiger partial charge in [-0.1, -0.05) is 0 Å². The first-order valence-electron chi connectivity index (χ1n) is 19.6. The van der Waals surface area contributed by atoms with E-state index in [1.165, 1.54) is 6.07 Å². The summed E-state index contributed by atoms with van der Waals surface area (Å²) in [5, 5.41) is 23.4. The Morgan fingerprint density at radius 1 is 0.847 bits per heavy atom. The number of allylic oxidation sites excluding steroid dienone is 1. The summed E-state index contributed by atoms with van der Waals surface area (Å²) in [6.45, 7) is 16.7. The summed E-state index contributed by atoms with van der Waals surface area (Å²) >= 11 is 6.36. The third kappa shape index (κ3) is 7.63. The predicted octanol–water partition coefficient (Wildman–Crippen LogP) is 8.22. The molecule has 3 atom stereocenters. The Hall–Kier alpha value is -4.46. The Balaban J connectivity index is 1.11. The molecule has 2 saturated heterocycles. The van der Waals surface area contributed by atoms with Gasteiger partial charge in [0, 0.05) is 42.4 Å². The van der Waals surface area contributed by atoms with Crippen molar-refractivity contribution < 1.29 is 26.3 Å². The lowest BCUT2D eigenvalue weighted by Crippen LogP contribution is -2.67. The van der Waals surface area contributed by atoms with Gasteiger partial charge in [-0.05, 0) is 120 Å². The number of halogens is 7. The van der Waals surface area contributed by atoms with E-state index in [-0.39, 0.29) is 61.8 Å². The van der Waals surface area contributed by atoms with Gasteiger partial charge in [0.05, 0.1) is 29.3 Å². The maximum Gasteiger partial charge on any atom is 0.453 e. The lowest BCUT2D eigenvalue weighted by molar-refractivity contribution is -0.146. The maximum absolute atomic E-state index is 16.1. The van der Waals surface area contributed by atoms with Gasteiger partial charge in [-0.2, -0.15) is 32.2 Å². The fraction of sp³-hybridized carbons (Fsp3) is 0.564. The molecule has 13 nitrogen and oxygen atoms in total. The Morgan fingerprint density at radius 2 is 1.51 bits per heavy atom. The predicted molar refractivity (Wildman–Crippen MR) is 209 cm³/mol. The summed E-state index contributed by atoms with van der Waals surface area (Å²) in [5.74, 6) is -3.82. The van der Waals surface area contributed by atoms with Gasteiger partial charge >= 0.3 is 6.18 Å². The number of alkyl halides is 3. The Bertz CT molecular complexity index is 2340. The smallest absolute Gasteiger partial charge is 0.365 e. The second-order valence-electron chi connectivity index (χ2n) is 18.6. The lowest BCUT2D eigenvalue weighted by atomic mass is 9.76. The van der Waals surface area contributed by atoms with Crippen LogP contribution in [0.3, 0.4) is 0 Å². The lowest BCUT2D eigenvalue weighted by Gasteiger charge is -2.51. The van der Waals surface area contributed by atoms with E-state index in [1.54, 1.807) is 0 Å². The average molecular weight is 847 g/mol. The van der Waals surface area contributed by atoms with Gasteiger partial charge in [0.25, 0.3) is 11.6 Å². The number of hydrogen-bond donors (Lipinski definition) is 4. The number of tetrazole rings is 1. The summed E-state index contributed by atoms with van der Waals surface area (Å²) in [5.41, 5.74) is 0.0127. The van der Waals surface area contributed by atoms with Gasteiger partial charge in [0.2, 0.25) is 17.0 Å². The number of hydrogen-bond acceptors (Lipinski definition) is 11. The van der Waals surface area contributed by atoms with Gasteiger partial charge in [-0.15, -0.1) is 5.10 Å². The molecule has 4 aromatic rings. The van der Waals surface area contributed by atoms with E-state index in [1.807, 2.05) is 20.8 Å². The highest BCUT2D eigenvalue weighted by atomic mass is 35.5. The number of piperidine rings is 2. The Morgan fingerprint density at radius 3 is 2.17 bits per heavy atom. The van der Waals surface area contributed by atoms with Crippen LogP contribution in [0.15, 0.2) is 35.9 Å². The molecule has 0 spiro atoms. The first kappa shape index (κ1) is 41.3. The van der Waals surface area contributed by atoms with Crippen LogP contribution >= 0.6 is 11.6 Å². The van der Waals surface area contributed by atoms with Crippen molar-refractivity contribution in [2.24, 2.45) is 0 Å². The molecule has 2 unspecified atom stereocenters. The van der Waals surface area contributed by atoms with E-state index in [2.05, 4.69) is 91.3 Å². The van der Waals surface area contributed by atoms with Crippen LogP contribution in [-0.4, -0.2) is 74.4 Å². The summed E-state index contributed by atoms with van der Waals surface area (Å²) in [6, 6.07) is 1.82. The quantitative estimate of drug-likeness (QED) is 0.0736. The van der Waals surface area contributed by atoms with Gasteiger partial charge in [0.15, 0.2) is 23.0 Å². The topological polar surface area (TPSA) is 143 Å². The first-order valence-corrected chi connectivity index (χ1v) is 19.9. The van der Waals surface area contributed by atoms with Crippen LogP contribution in [0.1, 0.15) is 111 Å². The van der Waals surface area contributed by atoms with Gasteiger partial charge in [-0.25, -0.2) is 23.2 Å². The summed E-state index contributed by atoms with van der Waals surface area (Å²) in [7, 11) is 0. The van der Waals surface area contributed by atoms with E-state index in [4.69, 9.17) is 11.6 Å². The third-order valence-electron chi connectivity index (χ3n) is 11.9. The summed E-state index contributed by atoms with van der Waals surface area (Å²) in [6.07, 6.45) is 0.851. The number of quaternary nitrogens is 1. The first-order chi connectivity index (χ1) is 27.4.